The Morgan fingerprint density at radius 2 is 1.77 bits per heavy atom. The number of amides is 3. The van der Waals surface area contributed by atoms with E-state index in [4.69, 9.17) is 4.74 Å². The van der Waals surface area contributed by atoms with E-state index in [2.05, 4.69) is 5.32 Å². The minimum atomic E-state index is -0.225. The minimum Gasteiger partial charge on any atom is -0.495 e. The molecule has 1 N–H and O–H groups in total. The average Bonchev–Trinajstić information content (AvgIpc) is 3.46. The standard InChI is InChI=1S/C19H25N3O4/c1-13(23)20-16-12-15(6-7-17(16)26-2)19(25)22-9-3-8-21(10-11-22)18(24)14-4-5-14/h6-7,12,14H,3-5,8-11H2,1-2H3,(H,20,23). The van der Waals surface area contributed by atoms with Gasteiger partial charge in [-0.2, -0.15) is 0 Å². The summed E-state index contributed by atoms with van der Waals surface area (Å²) in [4.78, 5) is 40.2. The topological polar surface area (TPSA) is 79.0 Å². The van der Waals surface area contributed by atoms with Crippen molar-refractivity contribution in [2.45, 2.75) is 26.2 Å². The fourth-order valence-corrected chi connectivity index (χ4v) is 3.24. The molecule has 0 aromatic heterocycles. The Kier molecular flexibility index (Phi) is 5.44. The van der Waals surface area contributed by atoms with E-state index in [1.165, 1.54) is 14.0 Å². The molecule has 7 nitrogen and oxygen atoms in total. The SMILES string of the molecule is COc1ccc(C(=O)N2CCCN(C(=O)C3CC3)CC2)cc1NC(C)=O. The summed E-state index contributed by atoms with van der Waals surface area (Å²) < 4.78 is 5.23. The van der Waals surface area contributed by atoms with E-state index in [0.29, 0.717) is 43.2 Å². The smallest absolute Gasteiger partial charge is 0.253 e. The van der Waals surface area contributed by atoms with Gasteiger partial charge in [-0.3, -0.25) is 14.4 Å². The largest absolute Gasteiger partial charge is 0.495 e. The third-order valence-corrected chi connectivity index (χ3v) is 4.78. The third-order valence-electron chi connectivity index (χ3n) is 4.78. The van der Waals surface area contributed by atoms with Gasteiger partial charge in [0.05, 0.1) is 12.8 Å². The van der Waals surface area contributed by atoms with Crippen molar-refractivity contribution in [2.24, 2.45) is 5.92 Å². The van der Waals surface area contributed by atoms with Gasteiger partial charge in [0.15, 0.2) is 0 Å². The molecule has 3 amide bonds. The molecule has 1 aromatic rings. The first-order valence-electron chi connectivity index (χ1n) is 9.03. The maximum absolute atomic E-state index is 12.9. The summed E-state index contributed by atoms with van der Waals surface area (Å²) in [5.74, 6) is 0.626. The molecule has 0 radical (unpaired) electrons. The van der Waals surface area contributed by atoms with Crippen LogP contribution in [-0.4, -0.2) is 60.8 Å². The van der Waals surface area contributed by atoms with E-state index in [1.54, 1.807) is 23.1 Å². The van der Waals surface area contributed by atoms with Gasteiger partial charge < -0.3 is 19.9 Å². The molecule has 26 heavy (non-hydrogen) atoms. The van der Waals surface area contributed by atoms with Crippen molar-refractivity contribution >= 4 is 23.4 Å². The van der Waals surface area contributed by atoms with Crippen LogP contribution in [0.5, 0.6) is 5.75 Å². The number of methoxy groups -OCH3 is 1. The van der Waals surface area contributed by atoms with E-state index in [9.17, 15) is 14.4 Å². The summed E-state index contributed by atoms with van der Waals surface area (Å²) in [6.07, 6.45) is 2.77. The Morgan fingerprint density at radius 3 is 2.42 bits per heavy atom. The molecule has 2 fully saturated rings. The van der Waals surface area contributed by atoms with Gasteiger partial charge in [0.1, 0.15) is 5.75 Å². The molecule has 0 atom stereocenters. The Bertz CT molecular complexity index is 715. The first kappa shape index (κ1) is 18.2. The van der Waals surface area contributed by atoms with Crippen LogP contribution in [0.4, 0.5) is 5.69 Å². The molecule has 0 unspecified atom stereocenters. The predicted octanol–water partition coefficient (Wildman–Crippen LogP) is 1.74. The summed E-state index contributed by atoms with van der Waals surface area (Å²) in [5.41, 5.74) is 0.975. The van der Waals surface area contributed by atoms with Gasteiger partial charge in [-0.15, -0.1) is 0 Å². The lowest BCUT2D eigenvalue weighted by molar-refractivity contribution is -0.132. The molecule has 1 saturated carbocycles. The fourth-order valence-electron chi connectivity index (χ4n) is 3.24. The number of rotatable bonds is 4. The predicted molar refractivity (Wildman–Crippen MR) is 97.1 cm³/mol. The van der Waals surface area contributed by atoms with E-state index in [0.717, 1.165) is 19.3 Å². The second kappa shape index (κ2) is 7.76. The molecule has 140 valence electrons. The highest BCUT2D eigenvalue weighted by Crippen LogP contribution is 2.31. The van der Waals surface area contributed by atoms with Crippen LogP contribution in [0.3, 0.4) is 0 Å². The third kappa shape index (κ3) is 4.15. The van der Waals surface area contributed by atoms with Crippen molar-refractivity contribution in [1.29, 1.82) is 0 Å². The second-order valence-corrected chi connectivity index (χ2v) is 6.84. The van der Waals surface area contributed by atoms with Gasteiger partial charge in [0.2, 0.25) is 11.8 Å². The molecule has 1 aliphatic carbocycles. The first-order chi connectivity index (χ1) is 12.5. The number of nitrogens with zero attached hydrogens (tertiary/aromatic N) is 2. The number of hydrogen-bond acceptors (Lipinski definition) is 4. The Hall–Kier alpha value is -2.57. The summed E-state index contributed by atoms with van der Waals surface area (Å²) in [5, 5.41) is 2.69. The number of anilines is 1. The van der Waals surface area contributed by atoms with Crippen LogP contribution >= 0.6 is 0 Å². The molecule has 3 rings (SSSR count). The Labute approximate surface area is 153 Å². The lowest BCUT2D eigenvalue weighted by atomic mass is 10.1. The number of carbonyl (C=O) groups excluding carboxylic acids is 3. The number of nitrogens with one attached hydrogen (secondary N) is 1. The number of benzene rings is 1. The normalized spacial score (nSPS) is 17.5. The highest BCUT2D eigenvalue weighted by Gasteiger charge is 2.34. The average molecular weight is 359 g/mol. The highest BCUT2D eigenvalue weighted by molar-refractivity contribution is 5.98. The molecule has 0 spiro atoms. The summed E-state index contributed by atoms with van der Waals surface area (Å²) >= 11 is 0. The first-order valence-corrected chi connectivity index (χ1v) is 9.03. The van der Waals surface area contributed by atoms with Crippen molar-refractivity contribution in [3.05, 3.63) is 23.8 Å². The maximum Gasteiger partial charge on any atom is 0.253 e. The number of carbonyl (C=O) groups is 3. The van der Waals surface area contributed by atoms with Crippen molar-refractivity contribution in [2.75, 3.05) is 38.6 Å². The van der Waals surface area contributed by atoms with Gasteiger partial charge in [-0.1, -0.05) is 0 Å². The fraction of sp³-hybridized carbons (Fsp3) is 0.526. The monoisotopic (exact) mass is 359 g/mol. The molecule has 1 aliphatic heterocycles. The van der Waals surface area contributed by atoms with Crippen molar-refractivity contribution in [1.82, 2.24) is 9.80 Å². The minimum absolute atomic E-state index is 0.0972. The van der Waals surface area contributed by atoms with Gasteiger partial charge >= 0.3 is 0 Å². The lowest BCUT2D eigenvalue weighted by Gasteiger charge is -2.22. The van der Waals surface area contributed by atoms with Crippen LogP contribution in [0.25, 0.3) is 0 Å². The molecule has 1 aromatic carbocycles. The molecular weight excluding hydrogens is 334 g/mol. The van der Waals surface area contributed by atoms with Crippen LogP contribution in [0.15, 0.2) is 18.2 Å². The molecule has 1 saturated heterocycles. The van der Waals surface area contributed by atoms with E-state index < -0.39 is 0 Å². The maximum atomic E-state index is 12.9. The molecular formula is C19H25N3O4. The van der Waals surface area contributed by atoms with Crippen LogP contribution in [0, 0.1) is 5.92 Å². The van der Waals surface area contributed by atoms with Gasteiger partial charge in [-0.25, -0.2) is 0 Å². The van der Waals surface area contributed by atoms with Crippen molar-refractivity contribution in [3.63, 3.8) is 0 Å². The van der Waals surface area contributed by atoms with Crippen LogP contribution in [0.1, 0.15) is 36.5 Å². The van der Waals surface area contributed by atoms with Gasteiger partial charge in [0, 0.05) is 44.6 Å². The summed E-state index contributed by atoms with van der Waals surface area (Å²) in [6.45, 7) is 3.84. The number of hydrogen-bond donors (Lipinski definition) is 1. The van der Waals surface area contributed by atoms with Crippen LogP contribution in [-0.2, 0) is 9.59 Å². The van der Waals surface area contributed by atoms with E-state index in [-0.39, 0.29) is 23.6 Å². The lowest BCUT2D eigenvalue weighted by Crippen LogP contribution is -2.38. The zero-order valence-electron chi connectivity index (χ0n) is 15.3. The van der Waals surface area contributed by atoms with E-state index >= 15 is 0 Å². The summed E-state index contributed by atoms with van der Waals surface area (Å²) in [7, 11) is 1.52. The Balaban J connectivity index is 1.70. The summed E-state index contributed by atoms with van der Waals surface area (Å²) in [6, 6.07) is 5.02. The van der Waals surface area contributed by atoms with Gasteiger partial charge in [0.25, 0.3) is 5.91 Å². The van der Waals surface area contributed by atoms with Crippen LogP contribution < -0.4 is 10.1 Å². The highest BCUT2D eigenvalue weighted by atomic mass is 16.5. The quantitative estimate of drug-likeness (QED) is 0.888. The van der Waals surface area contributed by atoms with Crippen molar-refractivity contribution < 1.29 is 19.1 Å². The number of ether oxygens (including phenoxy) is 1. The Morgan fingerprint density at radius 1 is 1.08 bits per heavy atom. The molecule has 7 heteroatoms. The molecule has 1 heterocycles. The second-order valence-electron chi connectivity index (χ2n) is 6.84. The zero-order chi connectivity index (χ0) is 18.7. The zero-order valence-corrected chi connectivity index (χ0v) is 15.3. The van der Waals surface area contributed by atoms with E-state index in [1.807, 2.05) is 4.90 Å². The molecule has 2 aliphatic rings. The van der Waals surface area contributed by atoms with Gasteiger partial charge in [-0.05, 0) is 37.5 Å². The van der Waals surface area contributed by atoms with Crippen LogP contribution in [0.2, 0.25) is 0 Å². The molecule has 0 bridgehead atoms. The van der Waals surface area contributed by atoms with Crippen molar-refractivity contribution in [3.8, 4) is 5.75 Å².